The standard InChI is InChI=1S/C10H6ClFN2O/c1-2-9-13-10(14-15-9)6-3-4-8(12)7(11)5-6/h2-5H,1H2. The largest absolute Gasteiger partial charge is 0.334 e. The molecule has 0 spiro atoms. The first-order valence-electron chi connectivity index (χ1n) is 4.12. The molecule has 2 aromatic rings. The highest BCUT2D eigenvalue weighted by Crippen LogP contribution is 2.22. The summed E-state index contributed by atoms with van der Waals surface area (Å²) in [5.74, 6) is 0.185. The molecule has 2 rings (SSSR count). The lowest BCUT2D eigenvalue weighted by molar-refractivity contribution is 0.411. The van der Waals surface area contributed by atoms with Crippen molar-refractivity contribution in [1.82, 2.24) is 10.1 Å². The van der Waals surface area contributed by atoms with Gasteiger partial charge in [0.2, 0.25) is 11.7 Å². The molecule has 0 amide bonds. The highest BCUT2D eigenvalue weighted by molar-refractivity contribution is 6.31. The lowest BCUT2D eigenvalue weighted by atomic mass is 10.2. The Balaban J connectivity index is 2.44. The summed E-state index contributed by atoms with van der Waals surface area (Å²) in [5.41, 5.74) is 0.596. The number of hydrogen-bond acceptors (Lipinski definition) is 3. The maximum Gasteiger partial charge on any atom is 0.250 e. The van der Waals surface area contributed by atoms with Gasteiger partial charge < -0.3 is 4.52 Å². The van der Waals surface area contributed by atoms with Gasteiger partial charge in [-0.05, 0) is 24.3 Å². The summed E-state index contributed by atoms with van der Waals surface area (Å²) in [4.78, 5) is 3.99. The zero-order valence-electron chi connectivity index (χ0n) is 7.58. The van der Waals surface area contributed by atoms with E-state index in [9.17, 15) is 4.39 Å². The highest BCUT2D eigenvalue weighted by Gasteiger charge is 2.08. The Morgan fingerprint density at radius 3 is 2.87 bits per heavy atom. The Morgan fingerprint density at radius 1 is 1.47 bits per heavy atom. The van der Waals surface area contributed by atoms with Crippen LogP contribution >= 0.6 is 11.6 Å². The molecule has 0 saturated carbocycles. The zero-order valence-corrected chi connectivity index (χ0v) is 8.33. The number of benzene rings is 1. The Hall–Kier alpha value is -1.68. The van der Waals surface area contributed by atoms with E-state index < -0.39 is 5.82 Å². The Bertz CT molecular complexity index is 510. The molecule has 0 unspecified atom stereocenters. The quantitative estimate of drug-likeness (QED) is 0.787. The van der Waals surface area contributed by atoms with Gasteiger partial charge in [0.15, 0.2) is 0 Å². The first kappa shape index (κ1) is 9.86. The summed E-state index contributed by atoms with van der Waals surface area (Å²) in [6.07, 6.45) is 1.43. The molecular formula is C10H6ClFN2O. The lowest BCUT2D eigenvalue weighted by Gasteiger charge is -1.96. The number of halogens is 2. The smallest absolute Gasteiger partial charge is 0.250 e. The fourth-order valence-electron chi connectivity index (χ4n) is 1.07. The predicted molar refractivity (Wildman–Crippen MR) is 54.8 cm³/mol. The number of rotatable bonds is 2. The van der Waals surface area contributed by atoms with Gasteiger partial charge in [0.1, 0.15) is 5.82 Å². The molecule has 0 aliphatic heterocycles. The van der Waals surface area contributed by atoms with Crippen LogP contribution in [0.2, 0.25) is 5.02 Å². The van der Waals surface area contributed by atoms with Crippen molar-refractivity contribution in [1.29, 1.82) is 0 Å². The molecular weight excluding hydrogens is 219 g/mol. The van der Waals surface area contributed by atoms with Crippen LogP contribution in [-0.4, -0.2) is 10.1 Å². The third kappa shape index (κ3) is 1.89. The molecule has 0 aliphatic rings. The van der Waals surface area contributed by atoms with Crippen LogP contribution in [-0.2, 0) is 0 Å². The van der Waals surface area contributed by atoms with Gasteiger partial charge >= 0.3 is 0 Å². The monoisotopic (exact) mass is 224 g/mol. The molecule has 1 heterocycles. The average molecular weight is 225 g/mol. The Kier molecular flexibility index (Phi) is 2.51. The maximum absolute atomic E-state index is 12.9. The predicted octanol–water partition coefficient (Wildman–Crippen LogP) is 3.17. The van der Waals surface area contributed by atoms with Gasteiger partial charge in [-0.15, -0.1) is 0 Å². The van der Waals surface area contributed by atoms with Gasteiger partial charge in [0.05, 0.1) is 5.02 Å². The van der Waals surface area contributed by atoms with Crippen LogP contribution in [0.5, 0.6) is 0 Å². The van der Waals surface area contributed by atoms with E-state index in [0.29, 0.717) is 17.3 Å². The van der Waals surface area contributed by atoms with E-state index in [1.54, 1.807) is 0 Å². The van der Waals surface area contributed by atoms with Crippen LogP contribution in [0, 0.1) is 5.82 Å². The molecule has 0 bridgehead atoms. The van der Waals surface area contributed by atoms with E-state index in [2.05, 4.69) is 16.7 Å². The van der Waals surface area contributed by atoms with Crippen molar-refractivity contribution in [3.63, 3.8) is 0 Å². The van der Waals surface area contributed by atoms with E-state index in [4.69, 9.17) is 16.1 Å². The zero-order chi connectivity index (χ0) is 10.8. The molecule has 1 aromatic heterocycles. The molecule has 3 nitrogen and oxygen atoms in total. The van der Waals surface area contributed by atoms with Crippen molar-refractivity contribution < 1.29 is 8.91 Å². The molecule has 76 valence electrons. The summed E-state index contributed by atoms with van der Waals surface area (Å²) >= 11 is 5.62. The fraction of sp³-hybridized carbons (Fsp3) is 0. The van der Waals surface area contributed by atoms with Crippen LogP contribution in [0.25, 0.3) is 17.5 Å². The minimum atomic E-state index is -0.479. The van der Waals surface area contributed by atoms with E-state index in [-0.39, 0.29) is 5.02 Å². The first-order valence-corrected chi connectivity index (χ1v) is 4.50. The third-order valence-corrected chi connectivity index (χ3v) is 2.08. The van der Waals surface area contributed by atoms with Crippen molar-refractivity contribution in [3.05, 3.63) is 41.5 Å². The van der Waals surface area contributed by atoms with Crippen LogP contribution in [0.4, 0.5) is 4.39 Å². The minimum Gasteiger partial charge on any atom is -0.334 e. The molecule has 0 aliphatic carbocycles. The minimum absolute atomic E-state index is 0.0254. The SMILES string of the molecule is C=Cc1nc(-c2ccc(F)c(Cl)c2)no1. The summed E-state index contributed by atoms with van der Waals surface area (Å²) in [6, 6.07) is 4.22. The molecule has 0 N–H and O–H groups in total. The Morgan fingerprint density at radius 2 is 2.27 bits per heavy atom. The van der Waals surface area contributed by atoms with E-state index in [1.165, 1.54) is 24.3 Å². The summed E-state index contributed by atoms with van der Waals surface area (Å²) in [6.45, 7) is 3.49. The second-order valence-corrected chi connectivity index (χ2v) is 3.20. The molecule has 0 fully saturated rings. The highest BCUT2D eigenvalue weighted by atomic mass is 35.5. The first-order chi connectivity index (χ1) is 7.20. The fourth-order valence-corrected chi connectivity index (χ4v) is 1.25. The van der Waals surface area contributed by atoms with Gasteiger partial charge in [0.25, 0.3) is 0 Å². The summed E-state index contributed by atoms with van der Waals surface area (Å²) in [7, 11) is 0. The van der Waals surface area contributed by atoms with Gasteiger partial charge in [-0.3, -0.25) is 0 Å². The molecule has 15 heavy (non-hydrogen) atoms. The van der Waals surface area contributed by atoms with E-state index in [1.807, 2.05) is 0 Å². The lowest BCUT2D eigenvalue weighted by Crippen LogP contribution is -1.83. The van der Waals surface area contributed by atoms with E-state index in [0.717, 1.165) is 0 Å². The average Bonchev–Trinajstić information content (AvgIpc) is 2.70. The van der Waals surface area contributed by atoms with Crippen LogP contribution in [0.15, 0.2) is 29.3 Å². The van der Waals surface area contributed by atoms with Gasteiger partial charge in [-0.2, -0.15) is 4.98 Å². The molecule has 0 saturated heterocycles. The van der Waals surface area contributed by atoms with Crippen molar-refractivity contribution in [3.8, 4) is 11.4 Å². The van der Waals surface area contributed by atoms with Crippen molar-refractivity contribution >= 4 is 17.7 Å². The number of aromatic nitrogens is 2. The maximum atomic E-state index is 12.9. The molecule has 1 aromatic carbocycles. The Labute approximate surface area is 90.2 Å². The second-order valence-electron chi connectivity index (χ2n) is 2.79. The van der Waals surface area contributed by atoms with Gasteiger partial charge in [-0.25, -0.2) is 4.39 Å². The molecule has 5 heteroatoms. The topological polar surface area (TPSA) is 38.9 Å². The normalized spacial score (nSPS) is 10.3. The molecule has 0 atom stereocenters. The molecule has 0 radical (unpaired) electrons. The van der Waals surface area contributed by atoms with Crippen LogP contribution in [0.1, 0.15) is 5.89 Å². The van der Waals surface area contributed by atoms with Crippen molar-refractivity contribution in [2.24, 2.45) is 0 Å². The van der Waals surface area contributed by atoms with Crippen LogP contribution in [0.3, 0.4) is 0 Å². The van der Waals surface area contributed by atoms with Crippen molar-refractivity contribution in [2.45, 2.75) is 0 Å². The summed E-state index contributed by atoms with van der Waals surface area (Å²) < 4.78 is 17.7. The van der Waals surface area contributed by atoms with Gasteiger partial charge in [-0.1, -0.05) is 23.3 Å². The second kappa shape index (κ2) is 3.82. The van der Waals surface area contributed by atoms with Gasteiger partial charge in [0, 0.05) is 5.56 Å². The van der Waals surface area contributed by atoms with E-state index >= 15 is 0 Å². The van der Waals surface area contributed by atoms with Crippen LogP contribution < -0.4 is 0 Å². The van der Waals surface area contributed by atoms with Crippen molar-refractivity contribution in [2.75, 3.05) is 0 Å². The number of nitrogens with zero attached hydrogens (tertiary/aromatic N) is 2. The summed E-state index contributed by atoms with van der Waals surface area (Å²) in [5, 5.41) is 3.72. The number of hydrogen-bond donors (Lipinski definition) is 0. The third-order valence-electron chi connectivity index (χ3n) is 1.79.